The van der Waals surface area contributed by atoms with Gasteiger partial charge in [-0.3, -0.25) is 10.1 Å². The van der Waals surface area contributed by atoms with Crippen LogP contribution in [0.15, 0.2) is 66.0 Å². The summed E-state index contributed by atoms with van der Waals surface area (Å²) in [6, 6.07) is 14.3. The fourth-order valence-electron chi connectivity index (χ4n) is 2.20. The zero-order valence-electron chi connectivity index (χ0n) is 15.2. The molecule has 0 heterocycles. The predicted octanol–water partition coefficient (Wildman–Crippen LogP) is 3.16. The lowest BCUT2D eigenvalue weighted by molar-refractivity contribution is 0.0976. The second-order valence-electron chi connectivity index (χ2n) is 6.81. The lowest BCUT2D eigenvalue weighted by Crippen LogP contribution is -2.37. The second-order valence-corrected chi connectivity index (χ2v) is 6.81. The van der Waals surface area contributed by atoms with Crippen LogP contribution in [0.3, 0.4) is 0 Å². The minimum Gasteiger partial charge on any atom is -0.437 e. The number of nitrogens with one attached hydrogen (secondary N) is 1. The van der Waals surface area contributed by atoms with Crippen LogP contribution >= 0.6 is 0 Å². The molecule has 2 aromatic carbocycles. The molecule has 0 saturated heterocycles. The lowest BCUT2D eigenvalue weighted by Gasteiger charge is -2.19. The van der Waals surface area contributed by atoms with E-state index in [0.29, 0.717) is 17.0 Å². The van der Waals surface area contributed by atoms with Crippen molar-refractivity contribution in [2.45, 2.75) is 26.2 Å². The number of nitrogens with two attached hydrogens (primary N) is 2. The Labute approximate surface area is 153 Å². The van der Waals surface area contributed by atoms with E-state index in [4.69, 9.17) is 16.2 Å². The van der Waals surface area contributed by atoms with Gasteiger partial charge in [-0.05, 0) is 41.8 Å². The lowest BCUT2D eigenvalue weighted by atomic mass is 9.87. The minimum absolute atomic E-state index is 0.0174. The molecule has 0 fully saturated rings. The SMILES string of the molecule is C=C(N=C(N)NC(=O)c1ccc(C(C)(C)C)cc1)Oc1ccccc1N. The summed E-state index contributed by atoms with van der Waals surface area (Å²) in [4.78, 5) is 16.2. The van der Waals surface area contributed by atoms with E-state index < -0.39 is 0 Å². The van der Waals surface area contributed by atoms with Crippen molar-refractivity contribution in [3.05, 3.63) is 72.1 Å². The molecule has 0 saturated carbocycles. The molecular weight excluding hydrogens is 328 g/mol. The zero-order valence-corrected chi connectivity index (χ0v) is 15.2. The van der Waals surface area contributed by atoms with Crippen LogP contribution in [0.4, 0.5) is 5.69 Å². The number of rotatable bonds is 4. The molecular formula is C20H24N4O2. The molecule has 0 bridgehead atoms. The van der Waals surface area contributed by atoms with Crippen LogP contribution in [0.5, 0.6) is 5.75 Å². The fraction of sp³-hybridized carbons (Fsp3) is 0.200. The highest BCUT2D eigenvalue weighted by Crippen LogP contribution is 2.23. The molecule has 0 unspecified atom stereocenters. The molecule has 2 aromatic rings. The van der Waals surface area contributed by atoms with Crippen molar-refractivity contribution < 1.29 is 9.53 Å². The summed E-state index contributed by atoms with van der Waals surface area (Å²) in [6.45, 7) is 9.98. The Bertz CT molecular complexity index is 834. The maximum atomic E-state index is 12.2. The van der Waals surface area contributed by atoms with Gasteiger partial charge in [-0.1, -0.05) is 45.0 Å². The molecule has 1 amide bonds. The number of benzene rings is 2. The van der Waals surface area contributed by atoms with Crippen molar-refractivity contribution in [3.8, 4) is 5.75 Å². The summed E-state index contributed by atoms with van der Waals surface area (Å²) < 4.78 is 5.42. The van der Waals surface area contributed by atoms with Crippen LogP contribution in [0.25, 0.3) is 0 Å². The molecule has 136 valence electrons. The summed E-state index contributed by atoms with van der Waals surface area (Å²) in [5.74, 6) is -0.0462. The Morgan fingerprint density at radius 2 is 1.73 bits per heavy atom. The topological polar surface area (TPSA) is 103 Å². The van der Waals surface area contributed by atoms with E-state index in [1.807, 2.05) is 12.1 Å². The van der Waals surface area contributed by atoms with Crippen molar-refractivity contribution in [3.63, 3.8) is 0 Å². The summed E-state index contributed by atoms with van der Waals surface area (Å²) in [5.41, 5.74) is 13.6. The minimum atomic E-state index is -0.362. The summed E-state index contributed by atoms with van der Waals surface area (Å²) >= 11 is 0. The smallest absolute Gasteiger partial charge is 0.257 e. The van der Waals surface area contributed by atoms with E-state index in [9.17, 15) is 4.79 Å². The van der Waals surface area contributed by atoms with Gasteiger partial charge < -0.3 is 16.2 Å². The number of amides is 1. The Kier molecular flexibility index (Phi) is 5.67. The molecule has 0 radical (unpaired) electrons. The van der Waals surface area contributed by atoms with Crippen LogP contribution in [-0.2, 0) is 5.41 Å². The number of ether oxygens (including phenoxy) is 1. The van der Waals surface area contributed by atoms with E-state index in [-0.39, 0.29) is 23.2 Å². The quantitative estimate of drug-likeness (QED) is 0.340. The van der Waals surface area contributed by atoms with Gasteiger partial charge in [0.1, 0.15) is 0 Å². The number of hydrogen-bond acceptors (Lipinski definition) is 4. The molecule has 0 spiro atoms. The number of para-hydroxylation sites is 2. The number of nitrogens with zero attached hydrogens (tertiary/aromatic N) is 1. The molecule has 2 rings (SSSR count). The van der Waals surface area contributed by atoms with Gasteiger partial charge in [0.15, 0.2) is 5.75 Å². The molecule has 0 aliphatic rings. The number of hydrogen-bond donors (Lipinski definition) is 3. The zero-order chi connectivity index (χ0) is 19.3. The van der Waals surface area contributed by atoms with Gasteiger partial charge in [-0.15, -0.1) is 0 Å². The Morgan fingerprint density at radius 3 is 2.31 bits per heavy atom. The highest BCUT2D eigenvalue weighted by molar-refractivity contribution is 6.05. The number of carbonyl (C=O) groups is 1. The normalized spacial score (nSPS) is 11.7. The molecule has 0 atom stereocenters. The maximum Gasteiger partial charge on any atom is 0.257 e. The van der Waals surface area contributed by atoms with E-state index >= 15 is 0 Å². The first kappa shape index (κ1) is 19.1. The van der Waals surface area contributed by atoms with E-state index in [1.165, 1.54) is 0 Å². The van der Waals surface area contributed by atoms with Crippen molar-refractivity contribution in [2.24, 2.45) is 10.7 Å². The van der Waals surface area contributed by atoms with Gasteiger partial charge in [-0.25, -0.2) is 0 Å². The average molecular weight is 352 g/mol. The maximum absolute atomic E-state index is 12.2. The highest BCUT2D eigenvalue weighted by Gasteiger charge is 2.14. The van der Waals surface area contributed by atoms with Crippen LogP contribution < -0.4 is 21.5 Å². The van der Waals surface area contributed by atoms with E-state index in [0.717, 1.165) is 5.56 Å². The molecule has 6 nitrogen and oxygen atoms in total. The van der Waals surface area contributed by atoms with Gasteiger partial charge in [0, 0.05) is 5.56 Å². The third-order valence-corrected chi connectivity index (χ3v) is 3.65. The van der Waals surface area contributed by atoms with Crippen molar-refractivity contribution >= 4 is 17.6 Å². The molecule has 26 heavy (non-hydrogen) atoms. The number of anilines is 1. The van der Waals surface area contributed by atoms with Crippen LogP contribution in [-0.4, -0.2) is 11.9 Å². The third-order valence-electron chi connectivity index (χ3n) is 3.65. The summed E-state index contributed by atoms with van der Waals surface area (Å²) in [5, 5.41) is 2.50. The highest BCUT2D eigenvalue weighted by atomic mass is 16.5. The third kappa shape index (κ3) is 5.11. The number of aliphatic imine (C=N–C) groups is 1. The Morgan fingerprint density at radius 1 is 1.12 bits per heavy atom. The van der Waals surface area contributed by atoms with Gasteiger partial charge in [0.25, 0.3) is 5.91 Å². The molecule has 0 aromatic heterocycles. The van der Waals surface area contributed by atoms with Gasteiger partial charge in [-0.2, -0.15) is 4.99 Å². The Hall–Kier alpha value is -3.28. The molecule has 0 aliphatic heterocycles. The molecule has 6 heteroatoms. The first-order chi connectivity index (χ1) is 12.2. The monoisotopic (exact) mass is 352 g/mol. The van der Waals surface area contributed by atoms with Gasteiger partial charge >= 0.3 is 0 Å². The predicted molar refractivity (Wildman–Crippen MR) is 105 cm³/mol. The van der Waals surface area contributed by atoms with Gasteiger partial charge in [0.2, 0.25) is 11.8 Å². The van der Waals surface area contributed by atoms with Crippen molar-refractivity contribution in [1.29, 1.82) is 0 Å². The second kappa shape index (κ2) is 7.74. The van der Waals surface area contributed by atoms with E-state index in [1.54, 1.807) is 36.4 Å². The first-order valence-corrected chi connectivity index (χ1v) is 8.14. The number of carbonyl (C=O) groups excluding carboxylic acids is 1. The fourth-order valence-corrected chi connectivity index (χ4v) is 2.20. The number of nitrogen functional groups attached to an aromatic ring is 1. The average Bonchev–Trinajstić information content (AvgIpc) is 2.56. The van der Waals surface area contributed by atoms with Crippen molar-refractivity contribution in [1.82, 2.24) is 5.32 Å². The van der Waals surface area contributed by atoms with Crippen molar-refractivity contribution in [2.75, 3.05) is 5.73 Å². The molecule has 0 aliphatic carbocycles. The molecule has 5 N–H and O–H groups in total. The largest absolute Gasteiger partial charge is 0.437 e. The van der Waals surface area contributed by atoms with Gasteiger partial charge in [0.05, 0.1) is 5.69 Å². The summed E-state index contributed by atoms with van der Waals surface area (Å²) in [6.07, 6.45) is 0. The number of guanidine groups is 1. The van der Waals surface area contributed by atoms with Crippen LogP contribution in [0, 0.1) is 0 Å². The first-order valence-electron chi connectivity index (χ1n) is 8.14. The van der Waals surface area contributed by atoms with E-state index in [2.05, 4.69) is 37.7 Å². The van der Waals surface area contributed by atoms with Crippen LogP contribution in [0.2, 0.25) is 0 Å². The summed E-state index contributed by atoms with van der Waals surface area (Å²) in [7, 11) is 0. The standard InChI is InChI=1S/C20H24N4O2/c1-13(26-17-8-6-5-7-16(17)21)23-19(22)24-18(25)14-9-11-15(12-10-14)20(2,3)4/h5-12H,1,21H2,2-4H3,(H3,22,23,24,25). The van der Waals surface area contributed by atoms with Crippen LogP contribution in [0.1, 0.15) is 36.7 Å². The Balaban J connectivity index is 2.00.